The maximum absolute atomic E-state index is 5.77. The lowest BCUT2D eigenvalue weighted by atomic mass is 10.1. The lowest BCUT2D eigenvalue weighted by Gasteiger charge is -2.39. The standard InChI is InChI=1S/C10H20N2O/c1-8(2)12-4-5-13-10-7-11(3)6-9(10)12/h8-10H,4-7H2,1-3H3. The summed E-state index contributed by atoms with van der Waals surface area (Å²) >= 11 is 0. The first-order valence-corrected chi connectivity index (χ1v) is 5.24. The van der Waals surface area contributed by atoms with Crippen LogP contribution in [0.15, 0.2) is 0 Å². The van der Waals surface area contributed by atoms with E-state index in [0.717, 1.165) is 19.7 Å². The van der Waals surface area contributed by atoms with Gasteiger partial charge in [0.1, 0.15) is 0 Å². The molecule has 76 valence electrons. The third-order valence-electron chi connectivity index (χ3n) is 3.19. The van der Waals surface area contributed by atoms with Crippen LogP contribution >= 0.6 is 0 Å². The SMILES string of the molecule is CC(C)N1CCOC2CN(C)CC21. The van der Waals surface area contributed by atoms with Crippen LogP contribution in [0, 0.1) is 0 Å². The molecule has 3 nitrogen and oxygen atoms in total. The van der Waals surface area contributed by atoms with Crippen molar-refractivity contribution in [2.75, 3.05) is 33.3 Å². The summed E-state index contributed by atoms with van der Waals surface area (Å²) in [6, 6.07) is 1.29. The van der Waals surface area contributed by atoms with Gasteiger partial charge in [0.05, 0.1) is 18.8 Å². The average molecular weight is 184 g/mol. The van der Waals surface area contributed by atoms with E-state index in [1.165, 1.54) is 6.54 Å². The summed E-state index contributed by atoms with van der Waals surface area (Å²) in [4.78, 5) is 4.95. The summed E-state index contributed by atoms with van der Waals surface area (Å²) in [6.07, 6.45) is 0.459. The second-order valence-electron chi connectivity index (χ2n) is 4.53. The zero-order chi connectivity index (χ0) is 9.42. The highest BCUT2D eigenvalue weighted by molar-refractivity contribution is 4.94. The number of ether oxygens (including phenoxy) is 1. The first-order valence-electron chi connectivity index (χ1n) is 5.24. The highest BCUT2D eigenvalue weighted by Crippen LogP contribution is 2.23. The Bertz CT molecular complexity index is 184. The molecule has 2 atom stereocenters. The molecule has 3 heteroatoms. The number of likely N-dealkylation sites (N-methyl/N-ethyl adjacent to an activating group) is 1. The molecule has 2 heterocycles. The van der Waals surface area contributed by atoms with Crippen molar-refractivity contribution in [2.24, 2.45) is 0 Å². The summed E-state index contributed by atoms with van der Waals surface area (Å²) in [5.74, 6) is 0. The molecule has 2 rings (SSSR count). The van der Waals surface area contributed by atoms with E-state index in [1.807, 2.05) is 0 Å². The van der Waals surface area contributed by atoms with Gasteiger partial charge >= 0.3 is 0 Å². The van der Waals surface area contributed by atoms with E-state index in [1.54, 1.807) is 0 Å². The smallest absolute Gasteiger partial charge is 0.0869 e. The maximum Gasteiger partial charge on any atom is 0.0869 e. The van der Waals surface area contributed by atoms with Crippen molar-refractivity contribution in [1.29, 1.82) is 0 Å². The summed E-state index contributed by atoms with van der Waals surface area (Å²) < 4.78 is 5.77. The van der Waals surface area contributed by atoms with Crippen molar-refractivity contribution < 1.29 is 4.74 Å². The summed E-state index contributed by atoms with van der Waals surface area (Å²) in [6.45, 7) is 8.85. The summed E-state index contributed by atoms with van der Waals surface area (Å²) in [5, 5.41) is 0. The van der Waals surface area contributed by atoms with Crippen LogP contribution in [0.25, 0.3) is 0 Å². The van der Waals surface area contributed by atoms with Crippen LogP contribution in [0.3, 0.4) is 0 Å². The normalized spacial score (nSPS) is 36.9. The zero-order valence-corrected chi connectivity index (χ0v) is 8.86. The first-order chi connectivity index (χ1) is 6.18. The fourth-order valence-corrected chi connectivity index (χ4v) is 2.54. The Hall–Kier alpha value is -0.120. The topological polar surface area (TPSA) is 15.7 Å². The van der Waals surface area contributed by atoms with Crippen molar-refractivity contribution in [3.63, 3.8) is 0 Å². The number of fused-ring (bicyclic) bond motifs is 1. The van der Waals surface area contributed by atoms with Crippen molar-refractivity contribution in [3.05, 3.63) is 0 Å². The molecular formula is C10H20N2O. The van der Waals surface area contributed by atoms with Crippen LogP contribution in [0.4, 0.5) is 0 Å². The van der Waals surface area contributed by atoms with E-state index < -0.39 is 0 Å². The second kappa shape index (κ2) is 3.56. The molecule has 0 spiro atoms. The molecule has 0 amide bonds. The highest BCUT2D eigenvalue weighted by Gasteiger charge is 2.39. The molecule has 2 aliphatic heterocycles. The Labute approximate surface area is 80.6 Å². The average Bonchev–Trinajstić information content (AvgIpc) is 2.43. The molecule has 0 N–H and O–H groups in total. The molecule has 2 unspecified atom stereocenters. The summed E-state index contributed by atoms with van der Waals surface area (Å²) in [5.41, 5.74) is 0. The van der Waals surface area contributed by atoms with Crippen molar-refractivity contribution >= 4 is 0 Å². The second-order valence-corrected chi connectivity index (χ2v) is 4.53. The van der Waals surface area contributed by atoms with Crippen molar-refractivity contribution in [2.45, 2.75) is 32.0 Å². The van der Waals surface area contributed by atoms with Gasteiger partial charge in [0.25, 0.3) is 0 Å². The zero-order valence-electron chi connectivity index (χ0n) is 8.86. The minimum Gasteiger partial charge on any atom is -0.374 e. The van der Waals surface area contributed by atoms with Gasteiger partial charge in [-0.2, -0.15) is 0 Å². The Morgan fingerprint density at radius 1 is 1.31 bits per heavy atom. The van der Waals surface area contributed by atoms with E-state index in [2.05, 4.69) is 30.7 Å². The van der Waals surface area contributed by atoms with Crippen LogP contribution in [0.5, 0.6) is 0 Å². The first kappa shape index (κ1) is 9.44. The van der Waals surface area contributed by atoms with Gasteiger partial charge in [-0.25, -0.2) is 0 Å². The third kappa shape index (κ3) is 1.73. The largest absolute Gasteiger partial charge is 0.374 e. The molecule has 0 bridgehead atoms. The maximum atomic E-state index is 5.77. The van der Waals surface area contributed by atoms with E-state index in [9.17, 15) is 0 Å². The van der Waals surface area contributed by atoms with Crippen LogP contribution < -0.4 is 0 Å². The fourth-order valence-electron chi connectivity index (χ4n) is 2.54. The van der Waals surface area contributed by atoms with Crippen LogP contribution in [0.2, 0.25) is 0 Å². The van der Waals surface area contributed by atoms with Crippen LogP contribution in [-0.4, -0.2) is 61.3 Å². The van der Waals surface area contributed by atoms with Gasteiger partial charge in [0, 0.05) is 25.7 Å². The minimum absolute atomic E-state index is 0.459. The van der Waals surface area contributed by atoms with Gasteiger partial charge in [0.15, 0.2) is 0 Å². The molecule has 0 saturated carbocycles. The Balaban J connectivity index is 2.05. The lowest BCUT2D eigenvalue weighted by molar-refractivity contribution is -0.0582. The van der Waals surface area contributed by atoms with E-state index >= 15 is 0 Å². The van der Waals surface area contributed by atoms with Gasteiger partial charge < -0.3 is 9.64 Å². The number of morpholine rings is 1. The van der Waals surface area contributed by atoms with Gasteiger partial charge in [-0.3, -0.25) is 4.90 Å². The van der Waals surface area contributed by atoms with Gasteiger partial charge in [-0.1, -0.05) is 0 Å². The highest BCUT2D eigenvalue weighted by atomic mass is 16.5. The lowest BCUT2D eigenvalue weighted by Crippen LogP contribution is -2.53. The number of nitrogens with zero attached hydrogens (tertiary/aromatic N) is 2. The van der Waals surface area contributed by atoms with E-state index in [4.69, 9.17) is 4.74 Å². The number of rotatable bonds is 1. The Morgan fingerprint density at radius 3 is 2.77 bits per heavy atom. The quantitative estimate of drug-likeness (QED) is 0.587. The molecule has 2 fully saturated rings. The number of hydrogen-bond donors (Lipinski definition) is 0. The number of likely N-dealkylation sites (tertiary alicyclic amines) is 1. The van der Waals surface area contributed by atoms with Crippen molar-refractivity contribution in [3.8, 4) is 0 Å². The van der Waals surface area contributed by atoms with Gasteiger partial charge in [-0.05, 0) is 20.9 Å². The summed E-state index contributed by atoms with van der Waals surface area (Å²) in [7, 11) is 2.18. The predicted octanol–water partition coefficient (Wildman–Crippen LogP) is 0.410. The molecule has 0 aromatic rings. The molecule has 0 aromatic carbocycles. The molecular weight excluding hydrogens is 164 g/mol. The molecule has 0 aliphatic carbocycles. The Morgan fingerprint density at radius 2 is 2.08 bits per heavy atom. The van der Waals surface area contributed by atoms with Crippen LogP contribution in [-0.2, 0) is 4.74 Å². The molecule has 0 radical (unpaired) electrons. The van der Waals surface area contributed by atoms with E-state index in [0.29, 0.717) is 18.2 Å². The van der Waals surface area contributed by atoms with Gasteiger partial charge in [-0.15, -0.1) is 0 Å². The van der Waals surface area contributed by atoms with Crippen molar-refractivity contribution in [1.82, 2.24) is 9.80 Å². The number of hydrogen-bond acceptors (Lipinski definition) is 3. The minimum atomic E-state index is 0.459. The van der Waals surface area contributed by atoms with E-state index in [-0.39, 0.29) is 0 Å². The molecule has 13 heavy (non-hydrogen) atoms. The Kier molecular flexibility index (Phi) is 2.58. The molecule has 0 aromatic heterocycles. The molecule has 2 aliphatic rings. The predicted molar refractivity (Wildman–Crippen MR) is 52.9 cm³/mol. The third-order valence-corrected chi connectivity index (χ3v) is 3.19. The van der Waals surface area contributed by atoms with Gasteiger partial charge in [0.2, 0.25) is 0 Å². The monoisotopic (exact) mass is 184 g/mol. The fraction of sp³-hybridized carbons (Fsp3) is 1.00. The molecule has 2 saturated heterocycles. The van der Waals surface area contributed by atoms with Crippen LogP contribution in [0.1, 0.15) is 13.8 Å².